The fraction of sp³-hybridized carbons (Fsp3) is 0.467. The Hall–Kier alpha value is -2.04. The third-order valence-corrected chi connectivity index (χ3v) is 4.12. The number of rotatable bonds is 2. The summed E-state index contributed by atoms with van der Waals surface area (Å²) in [5, 5.41) is 9.09. The predicted octanol–water partition coefficient (Wildman–Crippen LogP) is 2.21. The standard InChI is InChI=1S/C15H19N3O2/c1-9-4-2-5-10(8-9)16-12-7-3-6-11-13(12)15(20)18-17-14(11)19/h3,6-7,9-10,16H,2,4-5,8H2,1H3,(H,17,19)(H,18,20). The van der Waals surface area contributed by atoms with Gasteiger partial charge in [-0.2, -0.15) is 0 Å². The fourth-order valence-corrected chi connectivity index (χ4v) is 3.13. The molecule has 5 heteroatoms. The molecule has 1 heterocycles. The molecule has 1 aliphatic carbocycles. The summed E-state index contributed by atoms with van der Waals surface area (Å²) in [5.41, 5.74) is 0.237. The molecule has 2 aromatic rings. The molecule has 1 aromatic carbocycles. The minimum atomic E-state index is -0.264. The van der Waals surface area contributed by atoms with Crippen molar-refractivity contribution in [2.75, 3.05) is 5.32 Å². The van der Waals surface area contributed by atoms with Gasteiger partial charge >= 0.3 is 0 Å². The number of hydrogen-bond acceptors (Lipinski definition) is 3. The normalized spacial score (nSPS) is 22.9. The second kappa shape index (κ2) is 5.15. The number of anilines is 1. The van der Waals surface area contributed by atoms with Crippen LogP contribution in [0.15, 0.2) is 27.8 Å². The van der Waals surface area contributed by atoms with Crippen LogP contribution in [-0.2, 0) is 0 Å². The molecule has 0 amide bonds. The maximum atomic E-state index is 12.0. The van der Waals surface area contributed by atoms with E-state index in [1.54, 1.807) is 6.07 Å². The van der Waals surface area contributed by atoms with Gasteiger partial charge in [0.2, 0.25) is 0 Å². The summed E-state index contributed by atoms with van der Waals surface area (Å²) >= 11 is 0. The van der Waals surface area contributed by atoms with Crippen LogP contribution in [0.5, 0.6) is 0 Å². The number of hydrogen-bond donors (Lipinski definition) is 3. The van der Waals surface area contributed by atoms with Gasteiger partial charge in [0.15, 0.2) is 0 Å². The van der Waals surface area contributed by atoms with Gasteiger partial charge in [0.1, 0.15) is 0 Å². The van der Waals surface area contributed by atoms with E-state index in [2.05, 4.69) is 22.4 Å². The van der Waals surface area contributed by atoms with Crippen molar-refractivity contribution in [3.63, 3.8) is 0 Å². The van der Waals surface area contributed by atoms with Gasteiger partial charge < -0.3 is 5.32 Å². The van der Waals surface area contributed by atoms with Gasteiger partial charge in [-0.3, -0.25) is 19.8 Å². The zero-order valence-corrected chi connectivity index (χ0v) is 11.5. The Balaban J connectivity index is 2.01. The van der Waals surface area contributed by atoms with Crippen LogP contribution in [-0.4, -0.2) is 16.2 Å². The van der Waals surface area contributed by atoms with Crippen molar-refractivity contribution >= 4 is 16.5 Å². The third-order valence-electron chi connectivity index (χ3n) is 4.12. The lowest BCUT2D eigenvalue weighted by molar-refractivity contribution is 0.359. The summed E-state index contributed by atoms with van der Waals surface area (Å²) in [7, 11) is 0. The Morgan fingerprint density at radius 2 is 1.95 bits per heavy atom. The minimum absolute atomic E-state index is 0.258. The lowest BCUT2D eigenvalue weighted by atomic mass is 9.87. The Kier molecular flexibility index (Phi) is 3.34. The smallest absolute Gasteiger partial charge is 0.272 e. The number of H-pyrrole nitrogens is 2. The summed E-state index contributed by atoms with van der Waals surface area (Å²) in [6, 6.07) is 5.74. The van der Waals surface area contributed by atoms with E-state index in [1.165, 1.54) is 12.8 Å². The van der Waals surface area contributed by atoms with Gasteiger partial charge in [0, 0.05) is 11.7 Å². The molecule has 1 aromatic heterocycles. The SMILES string of the molecule is CC1CCCC(Nc2cccc3c(=O)[nH][nH]c(=O)c23)C1. The quantitative estimate of drug-likeness (QED) is 0.785. The second-order valence-corrected chi connectivity index (χ2v) is 5.75. The van der Waals surface area contributed by atoms with Crippen LogP contribution in [0, 0.1) is 5.92 Å². The summed E-state index contributed by atoms with van der Waals surface area (Å²) in [4.78, 5) is 23.8. The molecule has 0 saturated heterocycles. The van der Waals surface area contributed by atoms with Crippen molar-refractivity contribution in [2.24, 2.45) is 5.92 Å². The maximum Gasteiger partial charge on any atom is 0.272 e. The molecule has 0 aliphatic heterocycles. The van der Waals surface area contributed by atoms with Crippen LogP contribution in [0.4, 0.5) is 5.69 Å². The van der Waals surface area contributed by atoms with Gasteiger partial charge in [0.25, 0.3) is 11.1 Å². The zero-order chi connectivity index (χ0) is 14.1. The molecule has 5 nitrogen and oxygen atoms in total. The van der Waals surface area contributed by atoms with E-state index >= 15 is 0 Å². The van der Waals surface area contributed by atoms with Crippen molar-refractivity contribution in [1.29, 1.82) is 0 Å². The van der Waals surface area contributed by atoms with Crippen molar-refractivity contribution in [1.82, 2.24) is 10.2 Å². The lowest BCUT2D eigenvalue weighted by Gasteiger charge is -2.28. The van der Waals surface area contributed by atoms with E-state index in [1.807, 2.05) is 12.1 Å². The molecule has 2 atom stereocenters. The molecule has 0 bridgehead atoms. The lowest BCUT2D eigenvalue weighted by Crippen LogP contribution is -2.27. The van der Waals surface area contributed by atoms with E-state index in [4.69, 9.17) is 0 Å². The molecule has 1 fully saturated rings. The van der Waals surface area contributed by atoms with E-state index in [9.17, 15) is 9.59 Å². The van der Waals surface area contributed by atoms with Crippen molar-refractivity contribution in [3.8, 4) is 0 Å². The number of benzene rings is 1. The molecule has 1 saturated carbocycles. The van der Waals surface area contributed by atoms with Crippen molar-refractivity contribution in [3.05, 3.63) is 38.9 Å². The maximum absolute atomic E-state index is 12.0. The average Bonchev–Trinajstić information content (AvgIpc) is 2.43. The second-order valence-electron chi connectivity index (χ2n) is 5.75. The Morgan fingerprint density at radius 3 is 2.75 bits per heavy atom. The first-order chi connectivity index (χ1) is 9.65. The first-order valence-electron chi connectivity index (χ1n) is 7.15. The molecule has 20 heavy (non-hydrogen) atoms. The molecular formula is C15H19N3O2. The fourth-order valence-electron chi connectivity index (χ4n) is 3.13. The van der Waals surface area contributed by atoms with E-state index in [0.29, 0.717) is 22.7 Å². The van der Waals surface area contributed by atoms with E-state index in [-0.39, 0.29) is 11.1 Å². The molecule has 106 valence electrons. The first kappa shape index (κ1) is 13.0. The highest BCUT2D eigenvalue weighted by Crippen LogP contribution is 2.27. The first-order valence-corrected chi connectivity index (χ1v) is 7.15. The number of aromatic nitrogens is 2. The van der Waals surface area contributed by atoms with Gasteiger partial charge in [0.05, 0.1) is 10.8 Å². The summed E-state index contributed by atoms with van der Waals surface area (Å²) in [6.45, 7) is 2.26. The number of fused-ring (bicyclic) bond motifs is 1. The summed E-state index contributed by atoms with van der Waals surface area (Å²) < 4.78 is 0. The largest absolute Gasteiger partial charge is 0.382 e. The van der Waals surface area contributed by atoms with Crippen molar-refractivity contribution < 1.29 is 0 Å². The average molecular weight is 273 g/mol. The molecule has 3 rings (SSSR count). The third kappa shape index (κ3) is 2.35. The zero-order valence-electron chi connectivity index (χ0n) is 11.5. The van der Waals surface area contributed by atoms with Crippen LogP contribution in [0.2, 0.25) is 0 Å². The van der Waals surface area contributed by atoms with Gasteiger partial charge in [-0.25, -0.2) is 0 Å². The van der Waals surface area contributed by atoms with Gasteiger partial charge in [-0.05, 0) is 30.9 Å². The van der Waals surface area contributed by atoms with Crippen LogP contribution in [0.25, 0.3) is 10.8 Å². The number of nitrogens with one attached hydrogen (secondary N) is 3. The molecule has 0 radical (unpaired) electrons. The minimum Gasteiger partial charge on any atom is -0.382 e. The molecule has 2 unspecified atom stereocenters. The molecular weight excluding hydrogens is 254 g/mol. The van der Waals surface area contributed by atoms with Crippen molar-refractivity contribution in [2.45, 2.75) is 38.6 Å². The van der Waals surface area contributed by atoms with Crippen LogP contribution in [0.3, 0.4) is 0 Å². The molecule has 1 aliphatic rings. The van der Waals surface area contributed by atoms with E-state index in [0.717, 1.165) is 18.5 Å². The Bertz CT molecular complexity index is 732. The Labute approximate surface area is 116 Å². The van der Waals surface area contributed by atoms with Crippen LogP contribution >= 0.6 is 0 Å². The molecule has 0 spiro atoms. The Morgan fingerprint density at radius 1 is 1.15 bits per heavy atom. The predicted molar refractivity (Wildman–Crippen MR) is 80.2 cm³/mol. The highest BCUT2D eigenvalue weighted by Gasteiger charge is 2.19. The summed E-state index contributed by atoms with van der Waals surface area (Å²) in [6.07, 6.45) is 4.70. The van der Waals surface area contributed by atoms with E-state index < -0.39 is 0 Å². The highest BCUT2D eigenvalue weighted by atomic mass is 16.1. The van der Waals surface area contributed by atoms with Crippen LogP contribution < -0.4 is 16.4 Å². The van der Waals surface area contributed by atoms with Crippen LogP contribution in [0.1, 0.15) is 32.6 Å². The van der Waals surface area contributed by atoms with Gasteiger partial charge in [-0.1, -0.05) is 25.8 Å². The number of aromatic amines is 2. The highest BCUT2D eigenvalue weighted by molar-refractivity contribution is 5.92. The molecule has 3 N–H and O–H groups in total. The summed E-state index contributed by atoms with van der Waals surface area (Å²) in [5.74, 6) is 0.706. The van der Waals surface area contributed by atoms with Gasteiger partial charge in [-0.15, -0.1) is 0 Å². The monoisotopic (exact) mass is 273 g/mol. The topological polar surface area (TPSA) is 77.8 Å².